The summed E-state index contributed by atoms with van der Waals surface area (Å²) in [5, 5.41) is 0. The number of hydrogen-bond acceptors (Lipinski definition) is 2. The van der Waals surface area contributed by atoms with E-state index in [4.69, 9.17) is 5.73 Å². The highest BCUT2D eigenvalue weighted by atomic mass is 15.1. The molecule has 0 saturated heterocycles. The van der Waals surface area contributed by atoms with Crippen molar-refractivity contribution < 1.29 is 0 Å². The summed E-state index contributed by atoms with van der Waals surface area (Å²) in [6, 6.07) is 8.51. The van der Waals surface area contributed by atoms with Crippen molar-refractivity contribution in [2.75, 3.05) is 25.4 Å². The van der Waals surface area contributed by atoms with E-state index in [2.05, 4.69) is 30.0 Å². The normalized spacial score (nSPS) is 22.6. The van der Waals surface area contributed by atoms with Gasteiger partial charge < -0.3 is 5.73 Å². The Labute approximate surface area is 109 Å². The molecular weight excluding hydrogens is 220 g/mol. The van der Waals surface area contributed by atoms with Gasteiger partial charge in [0.05, 0.1) is 0 Å². The van der Waals surface area contributed by atoms with Gasteiger partial charge in [-0.15, -0.1) is 0 Å². The Morgan fingerprint density at radius 1 is 1.22 bits per heavy atom. The molecule has 0 aromatic heterocycles. The standard InChI is InChI=1S/C16H22N2/c1-13-3-2-10-18(11-13)12-16(8-9-16)14-4-6-15(17)7-5-14/h3-7H,2,8-12,17H2,1H3. The first-order chi connectivity index (χ1) is 8.68. The van der Waals surface area contributed by atoms with E-state index in [1.54, 1.807) is 0 Å². The summed E-state index contributed by atoms with van der Waals surface area (Å²) in [6.45, 7) is 5.82. The van der Waals surface area contributed by atoms with Crippen LogP contribution in [-0.4, -0.2) is 24.5 Å². The maximum atomic E-state index is 5.77. The van der Waals surface area contributed by atoms with Gasteiger partial charge in [-0.2, -0.15) is 0 Å². The molecule has 0 unspecified atom stereocenters. The van der Waals surface area contributed by atoms with E-state index < -0.39 is 0 Å². The van der Waals surface area contributed by atoms with Crippen LogP contribution in [0.15, 0.2) is 35.9 Å². The summed E-state index contributed by atoms with van der Waals surface area (Å²) in [5.41, 5.74) is 10.1. The monoisotopic (exact) mass is 242 g/mol. The van der Waals surface area contributed by atoms with Gasteiger partial charge in [0.1, 0.15) is 0 Å². The third kappa shape index (κ3) is 2.30. The van der Waals surface area contributed by atoms with Crippen molar-refractivity contribution in [2.24, 2.45) is 0 Å². The van der Waals surface area contributed by atoms with Gasteiger partial charge in [0.2, 0.25) is 0 Å². The summed E-state index contributed by atoms with van der Waals surface area (Å²) in [4.78, 5) is 2.61. The van der Waals surface area contributed by atoms with Crippen LogP contribution in [0.5, 0.6) is 0 Å². The summed E-state index contributed by atoms with van der Waals surface area (Å²) in [5.74, 6) is 0. The van der Waals surface area contributed by atoms with E-state index in [0.29, 0.717) is 5.41 Å². The maximum absolute atomic E-state index is 5.77. The fourth-order valence-corrected chi connectivity index (χ4v) is 3.08. The number of hydrogen-bond donors (Lipinski definition) is 1. The topological polar surface area (TPSA) is 29.3 Å². The van der Waals surface area contributed by atoms with Crippen LogP contribution < -0.4 is 5.73 Å². The Morgan fingerprint density at radius 2 is 1.94 bits per heavy atom. The van der Waals surface area contributed by atoms with Crippen LogP contribution >= 0.6 is 0 Å². The molecule has 1 aliphatic carbocycles. The highest BCUT2D eigenvalue weighted by molar-refractivity contribution is 5.43. The van der Waals surface area contributed by atoms with Crippen molar-refractivity contribution in [2.45, 2.75) is 31.6 Å². The highest BCUT2D eigenvalue weighted by Gasteiger charge is 2.45. The first kappa shape index (κ1) is 11.8. The van der Waals surface area contributed by atoms with E-state index in [9.17, 15) is 0 Å². The predicted octanol–water partition coefficient (Wildman–Crippen LogP) is 2.95. The van der Waals surface area contributed by atoms with Crippen LogP contribution in [0, 0.1) is 0 Å². The van der Waals surface area contributed by atoms with Gasteiger partial charge in [-0.25, -0.2) is 0 Å². The zero-order chi connectivity index (χ0) is 12.6. The maximum Gasteiger partial charge on any atom is 0.0314 e. The first-order valence-electron chi connectivity index (χ1n) is 6.92. The Bertz CT molecular complexity index is 454. The minimum atomic E-state index is 0.422. The van der Waals surface area contributed by atoms with Gasteiger partial charge in [-0.05, 0) is 43.9 Å². The van der Waals surface area contributed by atoms with Gasteiger partial charge in [-0.1, -0.05) is 23.8 Å². The molecule has 1 saturated carbocycles. The quantitative estimate of drug-likeness (QED) is 0.652. The Morgan fingerprint density at radius 3 is 2.56 bits per heavy atom. The summed E-state index contributed by atoms with van der Waals surface area (Å²) >= 11 is 0. The highest BCUT2D eigenvalue weighted by Crippen LogP contribution is 2.49. The third-order valence-electron chi connectivity index (χ3n) is 4.31. The summed E-state index contributed by atoms with van der Waals surface area (Å²) in [7, 11) is 0. The molecule has 2 nitrogen and oxygen atoms in total. The lowest BCUT2D eigenvalue weighted by Gasteiger charge is -2.30. The minimum absolute atomic E-state index is 0.422. The second-order valence-corrected chi connectivity index (χ2v) is 5.95. The SMILES string of the molecule is CC1=CCCN(CC2(c3ccc(N)cc3)CC2)C1. The van der Waals surface area contributed by atoms with Gasteiger partial charge in [-0.3, -0.25) is 4.90 Å². The lowest BCUT2D eigenvalue weighted by Crippen LogP contribution is -2.36. The van der Waals surface area contributed by atoms with Crippen LogP contribution in [0.2, 0.25) is 0 Å². The van der Waals surface area contributed by atoms with Gasteiger partial charge >= 0.3 is 0 Å². The van der Waals surface area contributed by atoms with Crippen LogP contribution in [0.25, 0.3) is 0 Å². The van der Waals surface area contributed by atoms with Crippen LogP contribution in [0.3, 0.4) is 0 Å². The number of nitrogens with zero attached hydrogens (tertiary/aromatic N) is 1. The van der Waals surface area contributed by atoms with Crippen molar-refractivity contribution >= 4 is 5.69 Å². The van der Waals surface area contributed by atoms with E-state index in [1.165, 1.54) is 43.5 Å². The minimum Gasteiger partial charge on any atom is -0.399 e. The second-order valence-electron chi connectivity index (χ2n) is 5.95. The summed E-state index contributed by atoms with van der Waals surface area (Å²) in [6.07, 6.45) is 6.25. The van der Waals surface area contributed by atoms with Gasteiger partial charge in [0.15, 0.2) is 0 Å². The zero-order valence-electron chi connectivity index (χ0n) is 11.2. The molecule has 1 aromatic rings. The number of rotatable bonds is 3. The van der Waals surface area contributed by atoms with Crippen molar-refractivity contribution in [3.05, 3.63) is 41.5 Å². The second kappa shape index (κ2) is 4.43. The molecule has 3 rings (SSSR count). The molecule has 18 heavy (non-hydrogen) atoms. The molecule has 2 aliphatic rings. The smallest absolute Gasteiger partial charge is 0.0314 e. The van der Waals surface area contributed by atoms with E-state index in [-0.39, 0.29) is 0 Å². The van der Waals surface area contributed by atoms with E-state index in [0.717, 1.165) is 12.2 Å². The van der Waals surface area contributed by atoms with Crippen molar-refractivity contribution in [3.8, 4) is 0 Å². The molecule has 0 radical (unpaired) electrons. The van der Waals surface area contributed by atoms with Crippen molar-refractivity contribution in [3.63, 3.8) is 0 Å². The molecule has 1 aliphatic heterocycles. The van der Waals surface area contributed by atoms with Gasteiger partial charge in [0.25, 0.3) is 0 Å². The van der Waals surface area contributed by atoms with Crippen molar-refractivity contribution in [1.82, 2.24) is 4.90 Å². The average Bonchev–Trinajstić information content (AvgIpc) is 3.11. The van der Waals surface area contributed by atoms with E-state index in [1.807, 2.05) is 12.1 Å². The Kier molecular flexibility index (Phi) is 2.90. The van der Waals surface area contributed by atoms with Crippen LogP contribution in [0.1, 0.15) is 31.7 Å². The molecule has 0 bridgehead atoms. The zero-order valence-corrected chi connectivity index (χ0v) is 11.2. The number of nitrogen functional groups attached to an aromatic ring is 1. The number of nitrogens with two attached hydrogens (primary N) is 1. The summed E-state index contributed by atoms with van der Waals surface area (Å²) < 4.78 is 0. The fourth-order valence-electron chi connectivity index (χ4n) is 3.08. The molecule has 2 N–H and O–H groups in total. The molecule has 1 heterocycles. The molecular formula is C16H22N2. The molecule has 0 atom stereocenters. The van der Waals surface area contributed by atoms with Crippen molar-refractivity contribution in [1.29, 1.82) is 0 Å². The third-order valence-corrected chi connectivity index (χ3v) is 4.31. The average molecular weight is 242 g/mol. The largest absolute Gasteiger partial charge is 0.399 e. The van der Waals surface area contributed by atoms with E-state index >= 15 is 0 Å². The molecule has 96 valence electrons. The molecule has 0 amide bonds. The molecule has 1 fully saturated rings. The fraction of sp³-hybridized carbons (Fsp3) is 0.500. The first-order valence-corrected chi connectivity index (χ1v) is 6.92. The number of anilines is 1. The lowest BCUT2D eigenvalue weighted by atomic mass is 9.94. The number of benzene rings is 1. The van der Waals surface area contributed by atoms with Crippen LogP contribution in [0.4, 0.5) is 5.69 Å². The molecule has 1 aromatic carbocycles. The predicted molar refractivity (Wildman–Crippen MR) is 76.6 cm³/mol. The molecule has 2 heteroatoms. The van der Waals surface area contributed by atoms with Gasteiger partial charge in [0, 0.05) is 30.7 Å². The Balaban J connectivity index is 1.72. The van der Waals surface area contributed by atoms with Crippen LogP contribution in [-0.2, 0) is 5.41 Å². The molecule has 0 spiro atoms. The Hall–Kier alpha value is -1.28. The lowest BCUT2D eigenvalue weighted by molar-refractivity contribution is 0.263.